The Morgan fingerprint density at radius 3 is 2.35 bits per heavy atom. The van der Waals surface area contributed by atoms with Crippen molar-refractivity contribution in [2.45, 2.75) is 37.8 Å². The van der Waals surface area contributed by atoms with Gasteiger partial charge < -0.3 is 20.3 Å². The number of benzene rings is 1. The Balaban J connectivity index is 1.72. The normalized spacial score (nSPS) is 20.2. The number of hydrogen-bond donors (Lipinski definition) is 2. The van der Waals surface area contributed by atoms with E-state index in [-0.39, 0.29) is 23.9 Å². The van der Waals surface area contributed by atoms with Crippen molar-refractivity contribution in [3.63, 3.8) is 0 Å². The predicted octanol–water partition coefficient (Wildman–Crippen LogP) is 2.59. The molecule has 2 amide bonds. The molecular weight excluding hydrogens is 297 g/mol. The van der Waals surface area contributed by atoms with Crippen LogP contribution in [0, 0.1) is 5.82 Å². The zero-order chi connectivity index (χ0) is 16.1. The summed E-state index contributed by atoms with van der Waals surface area (Å²) in [5.74, 6) is -0.303. The molecule has 2 saturated heterocycles. The summed E-state index contributed by atoms with van der Waals surface area (Å²) < 4.78 is 18.5. The number of ether oxygens (including phenoxy) is 1. The van der Waals surface area contributed by atoms with Gasteiger partial charge in [0.2, 0.25) is 0 Å². The molecule has 5 nitrogen and oxygen atoms in total. The number of amides is 2. The van der Waals surface area contributed by atoms with Crippen LogP contribution in [0.25, 0.3) is 0 Å². The topological polar surface area (TPSA) is 53.6 Å². The van der Waals surface area contributed by atoms with E-state index in [4.69, 9.17) is 4.74 Å². The fourth-order valence-corrected chi connectivity index (χ4v) is 3.40. The van der Waals surface area contributed by atoms with E-state index in [2.05, 4.69) is 10.6 Å². The van der Waals surface area contributed by atoms with Crippen LogP contribution >= 0.6 is 0 Å². The zero-order valence-electron chi connectivity index (χ0n) is 13.3. The minimum absolute atomic E-state index is 0.0876. The molecule has 2 fully saturated rings. The molecule has 1 aromatic carbocycles. The van der Waals surface area contributed by atoms with E-state index >= 15 is 0 Å². The van der Waals surface area contributed by atoms with Crippen LogP contribution in [0.15, 0.2) is 24.3 Å². The van der Waals surface area contributed by atoms with Crippen molar-refractivity contribution in [3.8, 4) is 0 Å². The Morgan fingerprint density at radius 1 is 1.09 bits per heavy atom. The van der Waals surface area contributed by atoms with E-state index in [1.54, 1.807) is 12.1 Å². The Morgan fingerprint density at radius 2 is 1.70 bits per heavy atom. The fraction of sp³-hybridized carbons (Fsp3) is 0.588. The van der Waals surface area contributed by atoms with Crippen LogP contribution in [-0.4, -0.2) is 49.3 Å². The Labute approximate surface area is 136 Å². The first-order chi connectivity index (χ1) is 11.2. The standard InChI is InChI=1S/C17H24FN3O2/c18-13-1-3-14(4-2-13)20-17(22)21(15-5-9-19-10-6-15)16-7-11-23-12-8-16/h1-4,15-16,19H,5-12H2,(H,20,22). The van der Waals surface area contributed by atoms with Gasteiger partial charge in [-0.2, -0.15) is 0 Å². The highest BCUT2D eigenvalue weighted by atomic mass is 19.1. The smallest absolute Gasteiger partial charge is 0.322 e. The van der Waals surface area contributed by atoms with Gasteiger partial charge in [0.05, 0.1) is 0 Å². The molecular formula is C17H24FN3O2. The summed E-state index contributed by atoms with van der Waals surface area (Å²) in [7, 11) is 0. The van der Waals surface area contributed by atoms with E-state index in [1.165, 1.54) is 12.1 Å². The monoisotopic (exact) mass is 321 g/mol. The second kappa shape index (κ2) is 7.75. The van der Waals surface area contributed by atoms with Gasteiger partial charge in [-0.25, -0.2) is 9.18 Å². The number of rotatable bonds is 3. The van der Waals surface area contributed by atoms with Crippen LogP contribution in [0.3, 0.4) is 0 Å². The molecule has 0 aromatic heterocycles. The average Bonchev–Trinajstić information content (AvgIpc) is 2.59. The lowest BCUT2D eigenvalue weighted by Crippen LogP contribution is -2.53. The lowest BCUT2D eigenvalue weighted by atomic mass is 9.99. The van der Waals surface area contributed by atoms with Crippen LogP contribution in [0.1, 0.15) is 25.7 Å². The van der Waals surface area contributed by atoms with Crippen LogP contribution in [-0.2, 0) is 4.74 Å². The van der Waals surface area contributed by atoms with Crippen molar-refractivity contribution in [1.29, 1.82) is 0 Å². The summed E-state index contributed by atoms with van der Waals surface area (Å²) in [6, 6.07) is 6.29. The van der Waals surface area contributed by atoms with E-state index in [1.807, 2.05) is 4.90 Å². The number of carbonyl (C=O) groups is 1. The molecule has 0 spiro atoms. The molecule has 0 radical (unpaired) electrons. The first-order valence-electron chi connectivity index (χ1n) is 8.37. The van der Waals surface area contributed by atoms with Crippen molar-refractivity contribution in [2.24, 2.45) is 0 Å². The predicted molar refractivity (Wildman–Crippen MR) is 87.0 cm³/mol. The second-order valence-corrected chi connectivity index (χ2v) is 6.17. The van der Waals surface area contributed by atoms with Gasteiger partial charge in [0, 0.05) is 31.0 Å². The maximum Gasteiger partial charge on any atom is 0.322 e. The molecule has 2 aliphatic heterocycles. The highest BCUT2D eigenvalue weighted by molar-refractivity contribution is 5.89. The van der Waals surface area contributed by atoms with Gasteiger partial charge in [-0.1, -0.05) is 0 Å². The van der Waals surface area contributed by atoms with Crippen LogP contribution in [0.2, 0.25) is 0 Å². The third kappa shape index (κ3) is 4.20. The molecule has 0 unspecified atom stereocenters. The van der Waals surface area contributed by atoms with Gasteiger partial charge in [0.1, 0.15) is 5.82 Å². The molecule has 126 valence electrons. The molecule has 3 rings (SSSR count). The maximum absolute atomic E-state index is 13.0. The van der Waals surface area contributed by atoms with Crippen LogP contribution < -0.4 is 10.6 Å². The quantitative estimate of drug-likeness (QED) is 0.900. The summed E-state index contributed by atoms with van der Waals surface area (Å²) >= 11 is 0. The summed E-state index contributed by atoms with van der Waals surface area (Å²) in [4.78, 5) is 14.9. The molecule has 0 aliphatic carbocycles. The van der Waals surface area contributed by atoms with Gasteiger partial charge in [0.25, 0.3) is 0 Å². The zero-order valence-corrected chi connectivity index (χ0v) is 13.3. The first-order valence-corrected chi connectivity index (χ1v) is 8.37. The lowest BCUT2D eigenvalue weighted by molar-refractivity contribution is 0.0313. The molecule has 23 heavy (non-hydrogen) atoms. The van der Waals surface area contributed by atoms with Gasteiger partial charge in [-0.15, -0.1) is 0 Å². The number of anilines is 1. The summed E-state index contributed by atoms with van der Waals surface area (Å²) in [6.07, 6.45) is 3.68. The molecule has 2 N–H and O–H groups in total. The van der Waals surface area contributed by atoms with E-state index in [9.17, 15) is 9.18 Å². The third-order valence-corrected chi connectivity index (χ3v) is 4.62. The van der Waals surface area contributed by atoms with E-state index < -0.39 is 0 Å². The van der Waals surface area contributed by atoms with Crippen LogP contribution in [0.5, 0.6) is 0 Å². The van der Waals surface area contributed by atoms with E-state index in [0.717, 1.165) is 38.8 Å². The summed E-state index contributed by atoms with van der Waals surface area (Å²) in [5.41, 5.74) is 0.627. The van der Waals surface area contributed by atoms with Crippen LogP contribution in [0.4, 0.5) is 14.9 Å². The average molecular weight is 321 g/mol. The number of piperidine rings is 1. The SMILES string of the molecule is O=C(Nc1ccc(F)cc1)N(C1CCNCC1)C1CCOCC1. The minimum Gasteiger partial charge on any atom is -0.381 e. The molecule has 0 bridgehead atoms. The molecule has 6 heteroatoms. The number of hydrogen-bond acceptors (Lipinski definition) is 3. The molecule has 2 aliphatic rings. The third-order valence-electron chi connectivity index (χ3n) is 4.62. The largest absolute Gasteiger partial charge is 0.381 e. The lowest BCUT2D eigenvalue weighted by Gasteiger charge is -2.41. The van der Waals surface area contributed by atoms with Gasteiger partial charge >= 0.3 is 6.03 Å². The van der Waals surface area contributed by atoms with Crippen molar-refractivity contribution in [3.05, 3.63) is 30.1 Å². The number of urea groups is 1. The van der Waals surface area contributed by atoms with Crippen molar-refractivity contribution >= 4 is 11.7 Å². The van der Waals surface area contributed by atoms with E-state index in [0.29, 0.717) is 18.9 Å². The molecule has 1 aromatic rings. The minimum atomic E-state index is -0.303. The van der Waals surface area contributed by atoms with Gasteiger partial charge in [-0.05, 0) is 63.0 Å². The fourth-order valence-electron chi connectivity index (χ4n) is 3.40. The highest BCUT2D eigenvalue weighted by Crippen LogP contribution is 2.23. The van der Waals surface area contributed by atoms with Gasteiger partial charge in [-0.3, -0.25) is 0 Å². The maximum atomic E-state index is 13.0. The van der Waals surface area contributed by atoms with Crippen molar-refractivity contribution in [2.75, 3.05) is 31.6 Å². The summed E-state index contributed by atoms with van der Waals surface area (Å²) in [5, 5.41) is 6.27. The molecule has 0 atom stereocenters. The Bertz CT molecular complexity index is 493. The molecule has 0 saturated carbocycles. The van der Waals surface area contributed by atoms with Crippen molar-refractivity contribution in [1.82, 2.24) is 10.2 Å². The Hall–Kier alpha value is -1.66. The number of nitrogens with one attached hydrogen (secondary N) is 2. The Kier molecular flexibility index (Phi) is 5.46. The first kappa shape index (κ1) is 16.2. The number of carbonyl (C=O) groups excluding carboxylic acids is 1. The highest BCUT2D eigenvalue weighted by Gasteiger charge is 2.32. The summed E-state index contributed by atoms with van der Waals surface area (Å²) in [6.45, 7) is 3.29. The van der Waals surface area contributed by atoms with Crippen molar-refractivity contribution < 1.29 is 13.9 Å². The second-order valence-electron chi connectivity index (χ2n) is 6.17. The number of nitrogens with zero attached hydrogens (tertiary/aromatic N) is 1. The molecule has 2 heterocycles. The number of halogens is 1. The van der Waals surface area contributed by atoms with Gasteiger partial charge in [0.15, 0.2) is 0 Å².